The maximum absolute atomic E-state index is 12.6. The number of rotatable bonds is 9. The molecular formula is C62H68N3OPt-. The molecule has 348 valence electrons. The van der Waals surface area contributed by atoms with Gasteiger partial charge in [0.15, 0.2) is 0 Å². The number of imidazole rings is 1. The van der Waals surface area contributed by atoms with Gasteiger partial charge < -0.3 is 5.11 Å². The van der Waals surface area contributed by atoms with Crippen molar-refractivity contribution in [2.24, 2.45) is 0 Å². The molecule has 0 fully saturated rings. The molecule has 0 amide bonds. The van der Waals surface area contributed by atoms with E-state index in [9.17, 15) is 5.11 Å². The predicted octanol–water partition coefficient (Wildman–Crippen LogP) is 17.0. The van der Waals surface area contributed by atoms with E-state index in [0.717, 1.165) is 90.0 Å². The molecule has 0 aliphatic carbocycles. The third kappa shape index (κ3) is 9.89. The van der Waals surface area contributed by atoms with Crippen LogP contribution < -0.4 is 0 Å². The second-order valence-corrected chi connectivity index (χ2v) is 22.2. The number of pyridine rings is 1. The molecule has 8 rings (SSSR count). The maximum atomic E-state index is 12.6. The summed E-state index contributed by atoms with van der Waals surface area (Å²) in [6.45, 7) is 30.6. The fourth-order valence-electron chi connectivity index (χ4n) is 8.80. The zero-order chi connectivity index (χ0) is 48.4. The number of hydrogen-bond donors (Lipinski definition) is 1. The first-order chi connectivity index (χ1) is 31.3. The summed E-state index contributed by atoms with van der Waals surface area (Å²) in [6.07, 6.45) is 2.87. The van der Waals surface area contributed by atoms with Crippen LogP contribution in [-0.4, -0.2) is 19.6 Å². The molecule has 0 bridgehead atoms. The van der Waals surface area contributed by atoms with E-state index in [1.165, 1.54) is 5.56 Å². The first-order valence-electron chi connectivity index (χ1n) is 24.1. The fourth-order valence-corrected chi connectivity index (χ4v) is 8.80. The van der Waals surface area contributed by atoms with Crippen LogP contribution in [0.5, 0.6) is 5.75 Å². The van der Waals surface area contributed by atoms with E-state index in [2.05, 4.69) is 203 Å². The summed E-state index contributed by atoms with van der Waals surface area (Å²) in [5.74, 6) is 0.251. The minimum Gasteiger partial charge on any atom is -0.507 e. The Bertz CT molecular complexity index is 3120. The Hall–Kier alpha value is -5.57. The standard InChI is InChI=1S/C62H68N3O.Pt/c1-15-62(13,14)46-28-29-54(50(36-46)42-20-17-16-18-21-42)65-55-23-19-22-49(56(55)64-58(65)51-37-48(60(7,8)9)38-52(57(51)66)61(10,11)12)44-32-45(34-47(33-44)59(4,5)6)53-35-43(30-31-63-53)41-26-24-40(25-27-41)39(2)3;/h16-31,33-39,66H,15H2,1-14H3;/q-1;/i39D;. The van der Waals surface area contributed by atoms with Crippen LogP contribution in [0.1, 0.15) is 138 Å². The number of nitrogens with zero attached hydrogens (tertiary/aromatic N) is 3. The van der Waals surface area contributed by atoms with Gasteiger partial charge in [0.25, 0.3) is 0 Å². The Morgan fingerprint density at radius 1 is 0.612 bits per heavy atom. The fraction of sp³-hybridized carbons (Fsp3) is 0.323. The van der Waals surface area contributed by atoms with Gasteiger partial charge in [0.05, 0.1) is 22.3 Å². The molecule has 5 heteroatoms. The summed E-state index contributed by atoms with van der Waals surface area (Å²) in [4.78, 5) is 10.6. The number of phenols is 1. The molecule has 2 heterocycles. The third-order valence-electron chi connectivity index (χ3n) is 13.6. The zero-order valence-electron chi connectivity index (χ0n) is 43.0. The topological polar surface area (TPSA) is 50.9 Å². The largest absolute Gasteiger partial charge is 0.507 e. The third-order valence-corrected chi connectivity index (χ3v) is 13.6. The van der Waals surface area contributed by atoms with Crippen LogP contribution in [0.2, 0.25) is 0 Å². The monoisotopic (exact) mass is 1070 g/mol. The van der Waals surface area contributed by atoms with Crippen LogP contribution in [0.3, 0.4) is 0 Å². The first-order valence-corrected chi connectivity index (χ1v) is 23.6. The summed E-state index contributed by atoms with van der Waals surface area (Å²) in [5, 5.41) is 12.6. The molecule has 67 heavy (non-hydrogen) atoms. The average molecular weight is 1070 g/mol. The predicted molar refractivity (Wildman–Crippen MR) is 280 cm³/mol. The van der Waals surface area contributed by atoms with Crippen molar-refractivity contribution >= 4 is 11.0 Å². The van der Waals surface area contributed by atoms with Gasteiger partial charge in [-0.2, -0.15) is 0 Å². The Morgan fingerprint density at radius 2 is 1.25 bits per heavy atom. The van der Waals surface area contributed by atoms with E-state index < -0.39 is 5.89 Å². The molecule has 0 saturated carbocycles. The molecule has 0 spiro atoms. The Balaban J connectivity index is 0.00000684. The number of aromatic nitrogens is 3. The molecule has 0 aliphatic rings. The van der Waals surface area contributed by atoms with Gasteiger partial charge in [0.2, 0.25) is 0 Å². The summed E-state index contributed by atoms with van der Waals surface area (Å²) in [5.41, 5.74) is 16.0. The van der Waals surface area contributed by atoms with E-state index >= 15 is 0 Å². The van der Waals surface area contributed by atoms with Crippen LogP contribution >= 0.6 is 0 Å². The van der Waals surface area contributed by atoms with E-state index in [0.29, 0.717) is 11.4 Å². The van der Waals surface area contributed by atoms with Gasteiger partial charge in [0, 0.05) is 45.5 Å². The molecule has 1 N–H and O–H groups in total. The Morgan fingerprint density at radius 3 is 1.88 bits per heavy atom. The molecule has 4 nitrogen and oxygen atoms in total. The van der Waals surface area contributed by atoms with Gasteiger partial charge in [-0.05, 0) is 97.7 Å². The second-order valence-electron chi connectivity index (χ2n) is 22.2. The van der Waals surface area contributed by atoms with E-state index in [4.69, 9.17) is 11.3 Å². The minimum atomic E-state index is -0.674. The first kappa shape index (κ1) is 47.9. The van der Waals surface area contributed by atoms with Crippen LogP contribution in [-0.2, 0) is 42.7 Å². The molecule has 0 radical (unpaired) electrons. The van der Waals surface area contributed by atoms with Crippen molar-refractivity contribution in [3.8, 4) is 67.5 Å². The minimum absolute atomic E-state index is 0. The molecule has 8 aromatic rings. The zero-order valence-corrected chi connectivity index (χ0v) is 44.3. The summed E-state index contributed by atoms with van der Waals surface area (Å²) in [7, 11) is 0. The van der Waals surface area contributed by atoms with E-state index in [1.807, 2.05) is 38.2 Å². The number of para-hydroxylation sites is 1. The van der Waals surface area contributed by atoms with Crippen LogP contribution in [0.4, 0.5) is 0 Å². The van der Waals surface area contributed by atoms with E-state index in [1.54, 1.807) is 0 Å². The molecular weight excluding hydrogens is 998 g/mol. The van der Waals surface area contributed by atoms with Crippen molar-refractivity contribution < 1.29 is 27.5 Å². The van der Waals surface area contributed by atoms with Crippen LogP contribution in [0.25, 0.3) is 72.7 Å². The number of fused-ring (bicyclic) bond motifs is 1. The molecule has 0 atom stereocenters. The van der Waals surface area contributed by atoms with Crippen molar-refractivity contribution in [3.05, 3.63) is 167 Å². The molecule has 0 saturated heterocycles. The van der Waals surface area contributed by atoms with Gasteiger partial charge >= 0.3 is 0 Å². The smallest absolute Gasteiger partial charge is 0.148 e. The summed E-state index contributed by atoms with van der Waals surface area (Å²) >= 11 is 0. The van der Waals surface area contributed by atoms with Crippen molar-refractivity contribution in [2.75, 3.05) is 0 Å². The SMILES string of the molecule is [2H]C(C)(C)c1ccc(-c2ccnc(-c3[c-]c(-c4cccc5c4nc(-c4cc(C(C)(C)C)cc(C(C)(C)C)c4O)n5-c4ccc(C(C)(C)CC)cc4-c4ccccc4)cc(C(C)(C)C)c3)c2)cc1.[Pt]. The van der Waals surface area contributed by atoms with Gasteiger partial charge in [0.1, 0.15) is 11.6 Å². The normalized spacial score (nSPS) is 12.8. The van der Waals surface area contributed by atoms with E-state index in [-0.39, 0.29) is 48.5 Å². The summed E-state index contributed by atoms with van der Waals surface area (Å²) < 4.78 is 10.8. The number of phenolic OH excluding ortho intramolecular Hbond substituents is 1. The second kappa shape index (κ2) is 18.5. The Labute approximate surface area is 416 Å². The van der Waals surface area contributed by atoms with Gasteiger partial charge in [-0.1, -0.05) is 193 Å². The molecule has 0 unspecified atom stereocenters. The van der Waals surface area contributed by atoms with Gasteiger partial charge in [-0.25, -0.2) is 4.98 Å². The van der Waals surface area contributed by atoms with Crippen molar-refractivity contribution in [1.29, 1.82) is 0 Å². The molecule has 6 aromatic carbocycles. The van der Waals surface area contributed by atoms with Gasteiger partial charge in [-0.15, -0.1) is 29.3 Å². The quantitative estimate of drug-likeness (QED) is 0.147. The van der Waals surface area contributed by atoms with Crippen LogP contribution in [0.15, 0.2) is 134 Å². The average Bonchev–Trinajstić information content (AvgIpc) is 3.67. The number of hydrogen-bond acceptors (Lipinski definition) is 3. The Kier molecular flexibility index (Phi) is 13.2. The number of benzene rings is 6. The van der Waals surface area contributed by atoms with Crippen molar-refractivity contribution in [1.82, 2.24) is 14.5 Å². The van der Waals surface area contributed by atoms with Gasteiger partial charge in [-0.3, -0.25) is 9.55 Å². The summed E-state index contributed by atoms with van der Waals surface area (Å²) in [6, 6.07) is 49.1. The maximum Gasteiger partial charge on any atom is 0.148 e. The van der Waals surface area contributed by atoms with Crippen molar-refractivity contribution in [3.63, 3.8) is 0 Å². The number of aromatic hydroxyl groups is 1. The van der Waals surface area contributed by atoms with Crippen molar-refractivity contribution in [2.45, 2.75) is 131 Å². The molecule has 0 aliphatic heterocycles. The van der Waals surface area contributed by atoms with Crippen LogP contribution in [0, 0.1) is 6.07 Å². The molecule has 2 aromatic heterocycles.